The Morgan fingerprint density at radius 1 is 1.21 bits per heavy atom. The maximum absolute atomic E-state index is 9.54. The van der Waals surface area contributed by atoms with Gasteiger partial charge in [-0.1, -0.05) is 26.7 Å². The van der Waals surface area contributed by atoms with Crippen LogP contribution in [0.2, 0.25) is 0 Å². The summed E-state index contributed by atoms with van der Waals surface area (Å²) < 4.78 is 16.9. The van der Waals surface area contributed by atoms with Crippen molar-refractivity contribution in [1.82, 2.24) is 5.32 Å². The Labute approximate surface area is 146 Å². The molecule has 0 aromatic rings. The predicted octanol–water partition coefficient (Wildman–Crippen LogP) is 1.98. The van der Waals surface area contributed by atoms with Gasteiger partial charge in [0.25, 0.3) is 0 Å². The van der Waals surface area contributed by atoms with Crippen molar-refractivity contribution < 1.29 is 19.3 Å². The summed E-state index contributed by atoms with van der Waals surface area (Å²) in [5.41, 5.74) is 4.88. The standard InChI is InChI=1S/C14H28O4.C3H9N3/c1-3-5-9-16-11-13-12(17-10-6-4-2)7-8-14(15)18-13;1-2-6-3(4)5/h12-15H,3-11H2,1-2H3;2H2,1H3,(H4,4,5,6). The topological polar surface area (TPSA) is 110 Å². The number of nitrogens with two attached hydrogens (primary N) is 1. The fourth-order valence-corrected chi connectivity index (χ4v) is 2.20. The minimum Gasteiger partial charge on any atom is -0.379 e. The molecule has 1 heterocycles. The molecule has 0 bridgehead atoms. The van der Waals surface area contributed by atoms with Gasteiger partial charge in [0.05, 0.1) is 12.7 Å². The van der Waals surface area contributed by atoms with Crippen LogP contribution in [0.15, 0.2) is 0 Å². The Kier molecular flexibility index (Phi) is 15.0. The Morgan fingerprint density at radius 3 is 2.42 bits per heavy atom. The van der Waals surface area contributed by atoms with E-state index in [0.717, 1.165) is 51.9 Å². The van der Waals surface area contributed by atoms with E-state index < -0.39 is 6.29 Å². The van der Waals surface area contributed by atoms with Gasteiger partial charge in [0, 0.05) is 26.2 Å². The molecule has 0 amide bonds. The molecule has 1 fully saturated rings. The van der Waals surface area contributed by atoms with Gasteiger partial charge in [0.15, 0.2) is 12.2 Å². The summed E-state index contributed by atoms with van der Waals surface area (Å²) in [5, 5.41) is 18.7. The second kappa shape index (κ2) is 15.6. The summed E-state index contributed by atoms with van der Waals surface area (Å²) >= 11 is 0. The zero-order valence-corrected chi connectivity index (χ0v) is 15.6. The summed E-state index contributed by atoms with van der Waals surface area (Å²) in [6, 6.07) is 0. The van der Waals surface area contributed by atoms with Gasteiger partial charge in [-0.2, -0.15) is 0 Å². The van der Waals surface area contributed by atoms with Crippen molar-refractivity contribution in [1.29, 1.82) is 5.41 Å². The molecule has 0 aromatic carbocycles. The zero-order valence-electron chi connectivity index (χ0n) is 15.6. The van der Waals surface area contributed by atoms with Crippen molar-refractivity contribution in [3.05, 3.63) is 0 Å². The maximum Gasteiger partial charge on any atom is 0.185 e. The summed E-state index contributed by atoms with van der Waals surface area (Å²) in [4.78, 5) is 0. The molecule has 1 aliphatic rings. The Morgan fingerprint density at radius 2 is 1.88 bits per heavy atom. The van der Waals surface area contributed by atoms with Crippen LogP contribution in [0.25, 0.3) is 0 Å². The van der Waals surface area contributed by atoms with Gasteiger partial charge in [-0.15, -0.1) is 0 Å². The summed E-state index contributed by atoms with van der Waals surface area (Å²) in [7, 11) is 0. The van der Waals surface area contributed by atoms with E-state index >= 15 is 0 Å². The lowest BCUT2D eigenvalue weighted by Crippen LogP contribution is -2.43. The van der Waals surface area contributed by atoms with Gasteiger partial charge in [0.1, 0.15) is 6.10 Å². The van der Waals surface area contributed by atoms with Gasteiger partial charge in [-0.3, -0.25) is 5.41 Å². The summed E-state index contributed by atoms with van der Waals surface area (Å²) in [5.74, 6) is 0.0394. The molecule has 3 atom stereocenters. The van der Waals surface area contributed by atoms with E-state index in [1.165, 1.54) is 0 Å². The molecule has 1 rings (SSSR count). The third kappa shape index (κ3) is 12.5. The highest BCUT2D eigenvalue weighted by Gasteiger charge is 2.31. The molecule has 7 heteroatoms. The normalized spacial score (nSPS) is 23.2. The lowest BCUT2D eigenvalue weighted by atomic mass is 10.1. The lowest BCUT2D eigenvalue weighted by molar-refractivity contribution is -0.222. The Balaban J connectivity index is 0.000000754. The molecule has 5 N–H and O–H groups in total. The maximum atomic E-state index is 9.54. The summed E-state index contributed by atoms with van der Waals surface area (Å²) in [6.45, 7) is 8.96. The molecule has 0 aliphatic carbocycles. The third-order valence-electron chi connectivity index (χ3n) is 3.57. The van der Waals surface area contributed by atoms with Crippen molar-refractivity contribution in [3.8, 4) is 0 Å². The SMILES string of the molecule is CCCCOCC1OC(O)CCC1OCCCC.CCNC(=N)N. The first-order valence-electron chi connectivity index (χ1n) is 9.15. The largest absolute Gasteiger partial charge is 0.379 e. The summed E-state index contributed by atoms with van der Waals surface area (Å²) in [6.07, 6.45) is 5.20. The van der Waals surface area contributed by atoms with Gasteiger partial charge in [-0.05, 0) is 26.2 Å². The van der Waals surface area contributed by atoms with Crippen LogP contribution in [0, 0.1) is 5.41 Å². The van der Waals surface area contributed by atoms with Crippen LogP contribution in [0.4, 0.5) is 0 Å². The van der Waals surface area contributed by atoms with E-state index in [9.17, 15) is 5.11 Å². The number of hydrogen-bond acceptors (Lipinski definition) is 5. The quantitative estimate of drug-likeness (QED) is 0.273. The van der Waals surface area contributed by atoms with Crippen LogP contribution >= 0.6 is 0 Å². The molecule has 0 radical (unpaired) electrons. The minimum atomic E-state index is -0.657. The zero-order chi connectivity index (χ0) is 18.2. The van der Waals surface area contributed by atoms with Crippen LogP contribution in [0.5, 0.6) is 0 Å². The van der Waals surface area contributed by atoms with Crippen LogP contribution in [0.3, 0.4) is 0 Å². The first kappa shape index (κ1) is 23.1. The fourth-order valence-electron chi connectivity index (χ4n) is 2.20. The number of ether oxygens (including phenoxy) is 3. The molecule has 0 saturated carbocycles. The van der Waals surface area contributed by atoms with E-state index in [-0.39, 0.29) is 18.2 Å². The van der Waals surface area contributed by atoms with Crippen LogP contribution in [-0.4, -0.2) is 55.9 Å². The van der Waals surface area contributed by atoms with Gasteiger partial charge < -0.3 is 30.4 Å². The first-order valence-corrected chi connectivity index (χ1v) is 9.15. The highest BCUT2D eigenvalue weighted by molar-refractivity contribution is 5.74. The van der Waals surface area contributed by atoms with Gasteiger partial charge in [0.2, 0.25) is 0 Å². The highest BCUT2D eigenvalue weighted by atomic mass is 16.6. The molecule has 7 nitrogen and oxygen atoms in total. The van der Waals surface area contributed by atoms with Crippen molar-refractivity contribution in [2.45, 2.75) is 77.8 Å². The molecule has 3 unspecified atom stereocenters. The Hall–Kier alpha value is -0.890. The van der Waals surface area contributed by atoms with Crippen LogP contribution < -0.4 is 11.1 Å². The average molecular weight is 348 g/mol. The van der Waals surface area contributed by atoms with E-state index in [2.05, 4.69) is 19.2 Å². The minimum absolute atomic E-state index is 0.0394. The first-order chi connectivity index (χ1) is 11.5. The number of rotatable bonds is 10. The van der Waals surface area contributed by atoms with Gasteiger partial charge in [-0.25, -0.2) is 0 Å². The second-order valence-electron chi connectivity index (χ2n) is 5.84. The van der Waals surface area contributed by atoms with Crippen molar-refractivity contribution in [2.24, 2.45) is 5.73 Å². The molecule has 0 aromatic heterocycles. The molecule has 1 saturated heterocycles. The van der Waals surface area contributed by atoms with Crippen molar-refractivity contribution in [3.63, 3.8) is 0 Å². The van der Waals surface area contributed by atoms with Crippen molar-refractivity contribution >= 4 is 5.96 Å². The molecule has 144 valence electrons. The van der Waals surface area contributed by atoms with E-state index in [1.807, 2.05) is 6.92 Å². The van der Waals surface area contributed by atoms with Crippen LogP contribution in [-0.2, 0) is 14.2 Å². The number of guanidine groups is 1. The molecule has 1 aliphatic heterocycles. The van der Waals surface area contributed by atoms with E-state index in [0.29, 0.717) is 13.0 Å². The monoisotopic (exact) mass is 347 g/mol. The molecule has 0 spiro atoms. The van der Waals surface area contributed by atoms with E-state index in [4.69, 9.17) is 25.4 Å². The molecular formula is C17H37N3O4. The predicted molar refractivity (Wildman–Crippen MR) is 96.1 cm³/mol. The lowest BCUT2D eigenvalue weighted by Gasteiger charge is -2.34. The number of unbranched alkanes of at least 4 members (excludes halogenated alkanes) is 2. The number of hydrogen-bond donors (Lipinski definition) is 4. The second-order valence-corrected chi connectivity index (χ2v) is 5.84. The van der Waals surface area contributed by atoms with Crippen LogP contribution in [0.1, 0.15) is 59.3 Å². The van der Waals surface area contributed by atoms with Crippen molar-refractivity contribution in [2.75, 3.05) is 26.4 Å². The average Bonchev–Trinajstić information content (AvgIpc) is 2.54. The smallest absolute Gasteiger partial charge is 0.185 e. The molecular weight excluding hydrogens is 310 g/mol. The highest BCUT2D eigenvalue weighted by Crippen LogP contribution is 2.21. The number of nitrogens with one attached hydrogen (secondary N) is 2. The molecule has 24 heavy (non-hydrogen) atoms. The fraction of sp³-hybridized carbons (Fsp3) is 0.941. The number of aliphatic hydroxyl groups is 1. The van der Waals surface area contributed by atoms with E-state index in [1.54, 1.807) is 0 Å². The third-order valence-corrected chi connectivity index (χ3v) is 3.57. The number of aliphatic hydroxyl groups excluding tert-OH is 1. The Bertz CT molecular complexity index is 306. The van der Waals surface area contributed by atoms with Gasteiger partial charge >= 0.3 is 0 Å².